The molecule has 3 heterocycles. The summed E-state index contributed by atoms with van der Waals surface area (Å²) in [7, 11) is 1.56. The van der Waals surface area contributed by atoms with Crippen molar-refractivity contribution in [2.24, 2.45) is 5.73 Å². The van der Waals surface area contributed by atoms with Crippen molar-refractivity contribution in [3.63, 3.8) is 0 Å². The average Bonchev–Trinajstić information content (AvgIpc) is 3.27. The number of nitrogens with two attached hydrogens (primary N) is 1. The summed E-state index contributed by atoms with van der Waals surface area (Å²) in [6.45, 7) is 0.769. The van der Waals surface area contributed by atoms with Crippen LogP contribution in [-0.4, -0.2) is 47.7 Å². The smallest absolute Gasteiger partial charge is 0.277 e. The van der Waals surface area contributed by atoms with Gasteiger partial charge in [-0.05, 0) is 67.8 Å². The number of anilines is 2. The number of amides is 3. The predicted molar refractivity (Wildman–Crippen MR) is 127 cm³/mol. The maximum atomic E-state index is 13.7. The number of nitrogens with zero attached hydrogens (tertiary/aromatic N) is 4. The molecule has 0 saturated carbocycles. The van der Waals surface area contributed by atoms with E-state index in [1.807, 2.05) is 0 Å². The molecule has 0 aliphatic carbocycles. The third kappa shape index (κ3) is 3.68. The Labute approximate surface area is 199 Å². The van der Waals surface area contributed by atoms with Gasteiger partial charge in [-0.15, -0.1) is 0 Å². The number of benzene rings is 2. The Bertz CT molecular complexity index is 1350. The number of primary amides is 1. The molecule has 3 aromatic rings. The third-order valence-electron chi connectivity index (χ3n) is 6.12. The predicted octanol–water partition coefficient (Wildman–Crippen LogP) is 2.70. The Morgan fingerprint density at radius 3 is 2.26 bits per heavy atom. The Morgan fingerprint density at radius 2 is 1.62 bits per heavy atom. The number of carbonyl (C=O) groups is 3. The van der Waals surface area contributed by atoms with Gasteiger partial charge >= 0.3 is 0 Å². The molecule has 2 aliphatic heterocycles. The highest BCUT2D eigenvalue weighted by atomic mass is 16.5. The van der Waals surface area contributed by atoms with Gasteiger partial charge in [0.15, 0.2) is 5.69 Å². The van der Waals surface area contributed by atoms with Crippen molar-refractivity contribution in [3.05, 3.63) is 65.5 Å². The molecule has 0 atom stereocenters. The molecule has 0 radical (unpaired) electrons. The first-order chi connectivity index (χ1) is 17.2. The van der Waals surface area contributed by atoms with Crippen molar-refractivity contribution in [1.29, 1.82) is 0 Å². The van der Waals surface area contributed by atoms with E-state index in [1.165, 1.54) is 9.58 Å². The molecule has 2 aliphatic rings. The minimum Gasteiger partial charge on any atom is -0.497 e. The van der Waals surface area contributed by atoms with E-state index in [2.05, 4.69) is 5.10 Å². The maximum absolute atomic E-state index is 13.7. The van der Waals surface area contributed by atoms with Crippen LogP contribution in [0.4, 0.5) is 11.4 Å². The molecular weight excluding hydrogens is 434 g/mol. The molecule has 9 heteroatoms. The van der Waals surface area contributed by atoms with Gasteiger partial charge < -0.3 is 20.3 Å². The highest BCUT2D eigenvalue weighted by molar-refractivity contribution is 6.09. The van der Waals surface area contributed by atoms with E-state index in [-0.39, 0.29) is 23.7 Å². The van der Waals surface area contributed by atoms with Crippen LogP contribution in [0.2, 0.25) is 0 Å². The Hall–Kier alpha value is -4.14. The van der Waals surface area contributed by atoms with Crippen molar-refractivity contribution in [1.82, 2.24) is 9.78 Å². The van der Waals surface area contributed by atoms with Crippen molar-refractivity contribution in [3.8, 4) is 11.4 Å². The van der Waals surface area contributed by atoms with E-state index >= 15 is 0 Å². The molecule has 5 rings (SSSR count). The molecule has 174 valence electrons. The van der Waals surface area contributed by atoms with E-state index in [4.69, 9.17) is 13.2 Å². The lowest BCUT2D eigenvalue weighted by Gasteiger charge is -2.29. The normalized spacial score (nSPS) is 18.3. The van der Waals surface area contributed by atoms with Crippen molar-refractivity contribution in [2.45, 2.75) is 25.6 Å². The Balaban J connectivity index is 1.48. The fourth-order valence-electron chi connectivity index (χ4n) is 4.40. The van der Waals surface area contributed by atoms with Crippen LogP contribution in [-0.2, 0) is 11.2 Å². The first-order valence-corrected chi connectivity index (χ1v) is 11.0. The van der Waals surface area contributed by atoms with Gasteiger partial charge in [-0.3, -0.25) is 14.4 Å². The number of hydrogen-bond donors (Lipinski definition) is 1. The molecule has 0 unspecified atom stereocenters. The van der Waals surface area contributed by atoms with Crippen LogP contribution < -0.4 is 20.3 Å². The van der Waals surface area contributed by atoms with Gasteiger partial charge in [0.2, 0.25) is 5.91 Å². The minimum absolute atomic E-state index is 0.0713. The quantitative estimate of drug-likeness (QED) is 0.628. The number of rotatable bonds is 5. The average molecular weight is 462 g/mol. The zero-order valence-corrected chi connectivity index (χ0v) is 18.7. The lowest BCUT2D eigenvalue weighted by molar-refractivity contribution is -0.119. The van der Waals surface area contributed by atoms with Crippen LogP contribution in [0, 0.1) is 0 Å². The second-order valence-electron chi connectivity index (χ2n) is 8.11. The molecule has 1 saturated heterocycles. The molecule has 34 heavy (non-hydrogen) atoms. The van der Waals surface area contributed by atoms with Gasteiger partial charge in [0.1, 0.15) is 11.4 Å². The second kappa shape index (κ2) is 8.66. The summed E-state index contributed by atoms with van der Waals surface area (Å²) in [6.07, 6.45) is -0.706. The topological polar surface area (TPSA) is 111 Å². The molecule has 9 nitrogen and oxygen atoms in total. The van der Waals surface area contributed by atoms with Crippen LogP contribution in [0.15, 0.2) is 48.5 Å². The van der Waals surface area contributed by atoms with Gasteiger partial charge in [-0.1, -0.05) is 0 Å². The summed E-state index contributed by atoms with van der Waals surface area (Å²) in [6, 6.07) is 13.9. The fourth-order valence-corrected chi connectivity index (χ4v) is 4.40. The van der Waals surface area contributed by atoms with Gasteiger partial charge in [-0.25, -0.2) is 4.68 Å². The Morgan fingerprint density at radius 1 is 0.971 bits per heavy atom. The summed E-state index contributed by atoms with van der Waals surface area (Å²) < 4.78 is 22.5. The molecule has 1 aromatic heterocycles. The standard InChI is InChI=1S/C25H25N5O4/c1-34-19-11-9-18(10-12-19)30-23-20(22(27-30)24(26)32)13-15-29(25(23)33)17-7-5-16(6-8-17)28-14-3-2-4-21(28)31/h5-12H,2-4,13-15H2,1H3,(H2,26,32)/i4D2. The highest BCUT2D eigenvalue weighted by Crippen LogP contribution is 2.31. The maximum Gasteiger partial charge on any atom is 0.277 e. The largest absolute Gasteiger partial charge is 0.497 e. The van der Waals surface area contributed by atoms with Crippen LogP contribution >= 0.6 is 0 Å². The first-order valence-electron chi connectivity index (χ1n) is 12.0. The summed E-state index contributed by atoms with van der Waals surface area (Å²) in [5, 5.41) is 4.37. The van der Waals surface area contributed by atoms with Gasteiger partial charge in [0.05, 0.1) is 12.8 Å². The SMILES string of the molecule is [2H]C1([2H])CCCN(c2ccc(N3CCc4c(C(N)=O)nn(-c5ccc(OC)cc5)c4C3=O)cc2)C1=O. The Kier molecular flexibility index (Phi) is 4.93. The second-order valence-corrected chi connectivity index (χ2v) is 8.11. The summed E-state index contributed by atoms with van der Waals surface area (Å²) >= 11 is 0. The van der Waals surface area contributed by atoms with Gasteiger partial charge in [0, 0.05) is 39.1 Å². The van der Waals surface area contributed by atoms with E-state index in [0.717, 1.165) is 0 Å². The zero-order chi connectivity index (χ0) is 25.6. The van der Waals surface area contributed by atoms with E-state index in [9.17, 15) is 14.4 Å². The van der Waals surface area contributed by atoms with Crippen LogP contribution in [0.5, 0.6) is 5.75 Å². The van der Waals surface area contributed by atoms with E-state index in [1.54, 1.807) is 60.5 Å². The molecule has 3 amide bonds. The number of hydrogen-bond acceptors (Lipinski definition) is 5. The monoisotopic (exact) mass is 461 g/mol. The summed E-state index contributed by atoms with van der Waals surface area (Å²) in [5.74, 6) is -0.939. The number of carbonyl (C=O) groups excluding carboxylic acids is 3. The number of fused-ring (bicyclic) bond motifs is 1. The number of piperidine rings is 1. The van der Waals surface area contributed by atoms with Crippen molar-refractivity contribution in [2.75, 3.05) is 30.0 Å². The van der Waals surface area contributed by atoms with Crippen LogP contribution in [0.3, 0.4) is 0 Å². The molecule has 2 aromatic carbocycles. The van der Waals surface area contributed by atoms with Gasteiger partial charge in [0.25, 0.3) is 11.8 Å². The third-order valence-corrected chi connectivity index (χ3v) is 6.12. The van der Waals surface area contributed by atoms with Crippen molar-refractivity contribution < 1.29 is 21.9 Å². The van der Waals surface area contributed by atoms with Crippen LogP contribution in [0.1, 0.15) is 48.5 Å². The lowest BCUT2D eigenvalue weighted by atomic mass is 10.0. The van der Waals surface area contributed by atoms with E-state index in [0.29, 0.717) is 54.3 Å². The first kappa shape index (κ1) is 19.3. The highest BCUT2D eigenvalue weighted by Gasteiger charge is 2.34. The molecule has 1 fully saturated rings. The van der Waals surface area contributed by atoms with Gasteiger partial charge in [-0.2, -0.15) is 5.10 Å². The zero-order valence-electron chi connectivity index (χ0n) is 20.7. The number of aromatic nitrogens is 2. The van der Waals surface area contributed by atoms with Crippen molar-refractivity contribution >= 4 is 29.1 Å². The summed E-state index contributed by atoms with van der Waals surface area (Å²) in [5.41, 5.74) is 8.20. The molecule has 0 spiro atoms. The molecule has 0 bridgehead atoms. The molecule has 2 N–H and O–H groups in total. The summed E-state index contributed by atoms with van der Waals surface area (Å²) in [4.78, 5) is 41.3. The number of methoxy groups -OCH3 is 1. The van der Waals surface area contributed by atoms with Crippen LogP contribution in [0.25, 0.3) is 5.69 Å². The molecular formula is C25H25N5O4. The number of ether oxygens (including phenoxy) is 1. The fraction of sp³-hybridized carbons (Fsp3) is 0.280. The minimum atomic E-state index is -1.88. The van der Waals surface area contributed by atoms with E-state index < -0.39 is 18.2 Å². The lowest BCUT2D eigenvalue weighted by Crippen LogP contribution is -2.39.